The summed E-state index contributed by atoms with van der Waals surface area (Å²) >= 11 is 1.38. The van der Waals surface area contributed by atoms with Gasteiger partial charge in [-0.15, -0.1) is 11.3 Å². The Balaban J connectivity index is 1.90. The minimum atomic E-state index is -0.989. The second kappa shape index (κ2) is 7.19. The summed E-state index contributed by atoms with van der Waals surface area (Å²) in [6, 6.07) is 7.09. The number of carboxylic acid groups (broad SMARTS) is 1. The molecule has 0 unspecified atom stereocenters. The van der Waals surface area contributed by atoms with E-state index < -0.39 is 5.97 Å². The number of aromatic carboxylic acids is 1. The first kappa shape index (κ1) is 18.6. The average Bonchev–Trinajstić information content (AvgIpc) is 2.91. The molecule has 0 saturated heterocycles. The summed E-state index contributed by atoms with van der Waals surface area (Å²) in [6.07, 6.45) is 2.58. The number of carboxylic acids is 1. The molecule has 3 rings (SSSR count). The molecule has 0 bridgehead atoms. The first-order valence-corrected chi connectivity index (χ1v) is 9.34. The van der Waals surface area contributed by atoms with E-state index in [0.717, 1.165) is 28.8 Å². The van der Waals surface area contributed by atoms with Crippen molar-refractivity contribution in [2.24, 2.45) is 11.3 Å². The van der Waals surface area contributed by atoms with E-state index in [2.05, 4.69) is 24.6 Å². The lowest BCUT2D eigenvalue weighted by atomic mass is 9.76. The third-order valence-corrected chi connectivity index (χ3v) is 5.92. The molecule has 138 valence electrons. The number of nitrogens with two attached hydrogens (primary N) is 1. The van der Waals surface area contributed by atoms with E-state index in [0.29, 0.717) is 23.5 Å². The lowest BCUT2D eigenvalue weighted by Gasteiger charge is -2.29. The summed E-state index contributed by atoms with van der Waals surface area (Å²) in [5, 5.41) is 12.9. The highest BCUT2D eigenvalue weighted by Gasteiger charge is 2.33. The van der Waals surface area contributed by atoms with Gasteiger partial charge in [-0.2, -0.15) is 0 Å². The van der Waals surface area contributed by atoms with Crippen molar-refractivity contribution in [1.29, 1.82) is 0 Å². The smallest absolute Gasteiger partial charge is 0.339 e. The summed E-state index contributed by atoms with van der Waals surface area (Å²) in [7, 11) is 0. The second-order valence-corrected chi connectivity index (χ2v) is 8.49. The molecule has 0 fully saturated rings. The van der Waals surface area contributed by atoms with Crippen LogP contribution in [0, 0.1) is 5.41 Å². The van der Waals surface area contributed by atoms with Crippen LogP contribution < -0.4 is 16.6 Å². The summed E-state index contributed by atoms with van der Waals surface area (Å²) in [4.78, 5) is 25.6. The summed E-state index contributed by atoms with van der Waals surface area (Å²) in [5.74, 6) is 4.02. The molecule has 6 nitrogen and oxygen atoms in total. The third kappa shape index (κ3) is 3.80. The number of hydrogen-bond donors (Lipinski definition) is 4. The van der Waals surface area contributed by atoms with Crippen molar-refractivity contribution >= 4 is 28.2 Å². The summed E-state index contributed by atoms with van der Waals surface area (Å²) < 4.78 is 0. The fourth-order valence-corrected chi connectivity index (χ4v) is 4.55. The topological polar surface area (TPSA) is 104 Å². The molecule has 2 aromatic rings. The Kier molecular flexibility index (Phi) is 5.13. The molecule has 1 aromatic heterocycles. The van der Waals surface area contributed by atoms with Gasteiger partial charge in [0.15, 0.2) is 0 Å². The van der Waals surface area contributed by atoms with Gasteiger partial charge in [0.2, 0.25) is 0 Å². The number of hydrogen-bond acceptors (Lipinski definition) is 5. The van der Waals surface area contributed by atoms with Crippen LogP contribution in [-0.4, -0.2) is 17.0 Å². The Morgan fingerprint density at radius 2 is 2.12 bits per heavy atom. The number of hydrazine groups is 1. The average molecular weight is 373 g/mol. The molecule has 0 spiro atoms. The monoisotopic (exact) mass is 373 g/mol. The Labute approximate surface area is 156 Å². The van der Waals surface area contributed by atoms with Crippen LogP contribution >= 0.6 is 11.3 Å². The Bertz CT molecular complexity index is 858. The minimum absolute atomic E-state index is 0.0725. The maximum Gasteiger partial charge on any atom is 0.339 e. The van der Waals surface area contributed by atoms with Crippen molar-refractivity contribution in [1.82, 2.24) is 5.43 Å². The molecular weight excluding hydrogens is 350 g/mol. The number of nitrogens with one attached hydrogen (secondary N) is 2. The largest absolute Gasteiger partial charge is 0.478 e. The predicted octanol–water partition coefficient (Wildman–Crippen LogP) is 3.18. The molecule has 1 aliphatic rings. The van der Waals surface area contributed by atoms with Gasteiger partial charge in [-0.1, -0.05) is 26.0 Å². The summed E-state index contributed by atoms with van der Waals surface area (Å²) in [6.45, 7) is 4.74. The van der Waals surface area contributed by atoms with E-state index in [1.54, 1.807) is 18.2 Å². The molecule has 5 N–H and O–H groups in total. The number of rotatable bonds is 5. The molecule has 0 atom stereocenters. The third-order valence-electron chi connectivity index (χ3n) is 4.71. The number of anilines is 1. The number of carbonyl (C=O) groups excluding carboxylic acids is 1. The highest BCUT2D eigenvalue weighted by atomic mass is 32.1. The van der Waals surface area contributed by atoms with E-state index in [1.165, 1.54) is 11.3 Å². The van der Waals surface area contributed by atoms with Gasteiger partial charge in [-0.3, -0.25) is 16.1 Å². The fraction of sp³-hybridized carbons (Fsp3) is 0.368. The second-order valence-electron chi connectivity index (χ2n) is 7.39. The van der Waals surface area contributed by atoms with Crippen molar-refractivity contribution in [3.05, 3.63) is 51.4 Å². The van der Waals surface area contributed by atoms with Crippen LogP contribution in [0.3, 0.4) is 0 Å². The van der Waals surface area contributed by atoms with Gasteiger partial charge < -0.3 is 10.4 Å². The Hall–Kier alpha value is -2.22. The predicted molar refractivity (Wildman–Crippen MR) is 103 cm³/mol. The van der Waals surface area contributed by atoms with Gasteiger partial charge in [-0.25, -0.2) is 4.79 Å². The zero-order valence-electron chi connectivity index (χ0n) is 14.9. The Morgan fingerprint density at radius 1 is 1.35 bits per heavy atom. The van der Waals surface area contributed by atoms with Crippen molar-refractivity contribution < 1.29 is 14.7 Å². The number of fused-ring (bicyclic) bond motifs is 1. The SMILES string of the molecule is CC1(C)CCc2sc(NC(=O)c3cccc(CNN)c3)c(C(=O)O)c2C1. The zero-order chi connectivity index (χ0) is 18.9. The Morgan fingerprint density at radius 3 is 2.81 bits per heavy atom. The van der Waals surface area contributed by atoms with Gasteiger partial charge in [0, 0.05) is 17.0 Å². The van der Waals surface area contributed by atoms with E-state index in [4.69, 9.17) is 5.84 Å². The molecular formula is C19H23N3O3S. The van der Waals surface area contributed by atoms with Gasteiger partial charge >= 0.3 is 5.97 Å². The van der Waals surface area contributed by atoms with Gasteiger partial charge in [0.05, 0.1) is 5.56 Å². The van der Waals surface area contributed by atoms with Crippen LogP contribution in [0.1, 0.15) is 57.0 Å². The van der Waals surface area contributed by atoms with Gasteiger partial charge in [0.1, 0.15) is 5.00 Å². The highest BCUT2D eigenvalue weighted by molar-refractivity contribution is 7.17. The van der Waals surface area contributed by atoms with E-state index in [1.807, 2.05) is 6.07 Å². The number of aryl methyl sites for hydroxylation is 1. The maximum atomic E-state index is 12.6. The van der Waals surface area contributed by atoms with Crippen molar-refractivity contribution in [2.75, 3.05) is 5.32 Å². The van der Waals surface area contributed by atoms with Crippen molar-refractivity contribution in [3.63, 3.8) is 0 Å². The molecule has 7 heteroatoms. The highest BCUT2D eigenvalue weighted by Crippen LogP contribution is 2.43. The van der Waals surface area contributed by atoms with Crippen LogP contribution in [-0.2, 0) is 19.4 Å². The molecule has 0 saturated carbocycles. The normalized spacial score (nSPS) is 15.3. The quantitative estimate of drug-likeness (QED) is 0.476. The van der Waals surface area contributed by atoms with Gasteiger partial charge in [-0.05, 0) is 47.9 Å². The van der Waals surface area contributed by atoms with Crippen LogP contribution in [0.4, 0.5) is 5.00 Å². The van der Waals surface area contributed by atoms with Crippen molar-refractivity contribution in [2.45, 2.75) is 39.7 Å². The van der Waals surface area contributed by atoms with E-state index >= 15 is 0 Å². The molecule has 1 aromatic carbocycles. The lowest BCUT2D eigenvalue weighted by molar-refractivity contribution is 0.0696. The molecule has 0 aliphatic heterocycles. The standard InChI is InChI=1S/C19H23N3O3S/c1-19(2)7-6-14-13(9-19)15(18(24)25)17(26-14)22-16(23)12-5-3-4-11(8-12)10-21-20/h3-5,8,21H,6-7,9-10,20H2,1-2H3,(H,22,23)(H,24,25). The number of benzene rings is 1. The molecule has 26 heavy (non-hydrogen) atoms. The van der Waals surface area contributed by atoms with Crippen LogP contribution in [0.15, 0.2) is 24.3 Å². The van der Waals surface area contributed by atoms with Crippen LogP contribution in [0.25, 0.3) is 0 Å². The molecule has 1 aliphatic carbocycles. The van der Waals surface area contributed by atoms with Crippen LogP contribution in [0.2, 0.25) is 0 Å². The molecule has 0 radical (unpaired) electrons. The lowest BCUT2D eigenvalue weighted by Crippen LogP contribution is -2.22. The number of carbonyl (C=O) groups is 2. The summed E-state index contributed by atoms with van der Waals surface area (Å²) in [5.41, 5.74) is 5.10. The molecule has 1 heterocycles. The zero-order valence-corrected chi connectivity index (χ0v) is 15.7. The maximum absolute atomic E-state index is 12.6. The first-order chi connectivity index (χ1) is 12.3. The molecule has 1 amide bonds. The van der Waals surface area contributed by atoms with E-state index in [-0.39, 0.29) is 16.9 Å². The van der Waals surface area contributed by atoms with Crippen molar-refractivity contribution in [3.8, 4) is 0 Å². The number of thiophene rings is 1. The van der Waals surface area contributed by atoms with Crippen LogP contribution in [0.5, 0.6) is 0 Å². The minimum Gasteiger partial charge on any atom is -0.478 e. The fourth-order valence-electron chi connectivity index (χ4n) is 3.35. The van der Waals surface area contributed by atoms with E-state index in [9.17, 15) is 14.7 Å². The number of amides is 1. The first-order valence-electron chi connectivity index (χ1n) is 8.52. The van der Waals surface area contributed by atoms with Gasteiger partial charge in [0.25, 0.3) is 5.91 Å².